The molecule has 4 atom stereocenters. The molecule has 0 aliphatic carbocycles. The van der Waals surface area contributed by atoms with Crippen molar-refractivity contribution in [3.63, 3.8) is 0 Å². The minimum absolute atomic E-state index is 0.0532. The lowest BCUT2D eigenvalue weighted by molar-refractivity contribution is -0.121. The number of carbonyl (C=O) groups excluding carboxylic acids is 1. The normalized spacial score (nSPS) is 31.2. The minimum Gasteiger partial charge on any atom is -0.370 e. The van der Waals surface area contributed by atoms with Crippen LogP contribution in [0.3, 0.4) is 0 Å². The number of nitrogens with one attached hydrogen (secondary N) is 1. The number of rotatable bonds is 8. The van der Waals surface area contributed by atoms with Gasteiger partial charge < -0.3 is 10.1 Å². The molecule has 0 aromatic carbocycles. The maximum Gasteiger partial charge on any atom is 0.221 e. The van der Waals surface area contributed by atoms with Crippen molar-refractivity contribution in [1.29, 1.82) is 0 Å². The van der Waals surface area contributed by atoms with E-state index >= 15 is 0 Å². The zero-order valence-electron chi connectivity index (χ0n) is 17.5. The Hall–Kier alpha value is -1.66. The lowest BCUT2D eigenvalue weighted by Crippen LogP contribution is -2.42. The third-order valence-electron chi connectivity index (χ3n) is 6.73. The van der Waals surface area contributed by atoms with Crippen molar-refractivity contribution in [2.45, 2.75) is 64.7 Å². The van der Waals surface area contributed by atoms with Crippen LogP contribution in [0.1, 0.15) is 45.2 Å². The van der Waals surface area contributed by atoms with Crippen LogP contribution in [-0.4, -0.2) is 58.5 Å². The summed E-state index contributed by atoms with van der Waals surface area (Å²) >= 11 is 0. The van der Waals surface area contributed by atoms with Crippen molar-refractivity contribution in [3.05, 3.63) is 29.6 Å². The molecule has 6 heteroatoms. The molecule has 2 bridgehead atoms. The van der Waals surface area contributed by atoms with Gasteiger partial charge in [-0.1, -0.05) is 11.6 Å². The molecule has 0 radical (unpaired) electrons. The summed E-state index contributed by atoms with van der Waals surface area (Å²) in [6.07, 6.45) is 8.50. The average molecular weight is 387 g/mol. The summed E-state index contributed by atoms with van der Waals surface area (Å²) in [7, 11) is 0. The second kappa shape index (κ2) is 7.99. The van der Waals surface area contributed by atoms with Crippen molar-refractivity contribution in [1.82, 2.24) is 20.0 Å². The van der Waals surface area contributed by atoms with Gasteiger partial charge in [-0.3, -0.25) is 14.4 Å². The van der Waals surface area contributed by atoms with Crippen molar-refractivity contribution in [2.24, 2.45) is 11.8 Å². The Bertz CT molecular complexity index is 739. The number of carbonyl (C=O) groups is 1. The SMILES string of the molecule is CC(C)=CCCN1C[C@@H]2[C@H](CNC(=O)CCn3ccc(C)n3)[C@H]3CC[C@]2(C1)O3. The molecule has 0 saturated carbocycles. The van der Waals surface area contributed by atoms with Gasteiger partial charge in [0, 0.05) is 57.2 Å². The molecule has 3 saturated heterocycles. The van der Waals surface area contributed by atoms with Gasteiger partial charge in [0.2, 0.25) is 5.91 Å². The van der Waals surface area contributed by atoms with E-state index in [0.717, 1.165) is 44.7 Å². The van der Waals surface area contributed by atoms with E-state index in [-0.39, 0.29) is 11.5 Å². The topological polar surface area (TPSA) is 59.4 Å². The van der Waals surface area contributed by atoms with Crippen molar-refractivity contribution in [2.75, 3.05) is 26.2 Å². The molecule has 1 amide bonds. The molecule has 1 spiro atoms. The van der Waals surface area contributed by atoms with Crippen LogP contribution < -0.4 is 5.32 Å². The molecular weight excluding hydrogens is 352 g/mol. The first kappa shape index (κ1) is 19.6. The van der Waals surface area contributed by atoms with Gasteiger partial charge >= 0.3 is 0 Å². The third-order valence-corrected chi connectivity index (χ3v) is 6.73. The van der Waals surface area contributed by atoms with E-state index in [1.807, 2.05) is 23.9 Å². The molecule has 1 N–H and O–H groups in total. The molecular formula is C22H34N4O2. The average Bonchev–Trinajstić information content (AvgIpc) is 3.38. The standard InChI is InChI=1S/C22H34N4O2/c1-16(2)5-4-10-25-14-19-18(20-6-9-22(19,15-25)28-20)13-23-21(27)8-12-26-11-7-17(3)24-26/h5,7,11,18-20H,4,6,8-10,12-15H2,1-3H3,(H,23,27)/t18-,19+,20+,22+/m0/s1. The van der Waals surface area contributed by atoms with Crippen LogP contribution in [0.5, 0.6) is 0 Å². The highest BCUT2D eigenvalue weighted by Crippen LogP contribution is 2.54. The predicted molar refractivity (Wildman–Crippen MR) is 109 cm³/mol. The van der Waals surface area contributed by atoms with E-state index in [9.17, 15) is 4.79 Å². The van der Waals surface area contributed by atoms with Crippen LogP contribution in [0.25, 0.3) is 0 Å². The fourth-order valence-electron chi connectivity index (χ4n) is 5.39. The van der Waals surface area contributed by atoms with Crippen LogP contribution in [-0.2, 0) is 16.1 Å². The Kier molecular flexibility index (Phi) is 5.61. The van der Waals surface area contributed by atoms with Crippen LogP contribution in [0.15, 0.2) is 23.9 Å². The fourth-order valence-corrected chi connectivity index (χ4v) is 5.39. The van der Waals surface area contributed by atoms with Crippen LogP contribution >= 0.6 is 0 Å². The molecule has 3 aliphatic rings. The van der Waals surface area contributed by atoms with Gasteiger partial charge in [-0.2, -0.15) is 5.10 Å². The summed E-state index contributed by atoms with van der Waals surface area (Å²) in [5.41, 5.74) is 2.43. The summed E-state index contributed by atoms with van der Waals surface area (Å²) in [6, 6.07) is 1.97. The predicted octanol–water partition coefficient (Wildman–Crippen LogP) is 2.53. The first-order valence-corrected chi connectivity index (χ1v) is 10.8. The Morgan fingerprint density at radius 1 is 1.43 bits per heavy atom. The molecule has 6 nitrogen and oxygen atoms in total. The summed E-state index contributed by atoms with van der Waals surface area (Å²) in [4.78, 5) is 14.9. The minimum atomic E-state index is 0.0532. The second-order valence-electron chi connectivity index (χ2n) is 9.11. The maximum atomic E-state index is 12.3. The lowest BCUT2D eigenvalue weighted by atomic mass is 9.73. The van der Waals surface area contributed by atoms with Crippen LogP contribution in [0.2, 0.25) is 0 Å². The molecule has 4 rings (SSSR count). The maximum absolute atomic E-state index is 12.3. The van der Waals surface area contributed by atoms with E-state index < -0.39 is 0 Å². The number of likely N-dealkylation sites (tertiary alicyclic amines) is 1. The molecule has 28 heavy (non-hydrogen) atoms. The number of hydrogen-bond acceptors (Lipinski definition) is 4. The molecule has 0 unspecified atom stereocenters. The third kappa shape index (κ3) is 4.03. The quantitative estimate of drug-likeness (QED) is 0.698. The van der Waals surface area contributed by atoms with Gasteiger partial charge in [0.25, 0.3) is 0 Å². The molecule has 4 heterocycles. The van der Waals surface area contributed by atoms with Crippen molar-refractivity contribution < 1.29 is 9.53 Å². The van der Waals surface area contributed by atoms with Crippen molar-refractivity contribution in [3.8, 4) is 0 Å². The highest BCUT2D eigenvalue weighted by Gasteiger charge is 2.62. The zero-order valence-corrected chi connectivity index (χ0v) is 17.5. The van der Waals surface area contributed by atoms with E-state index in [1.54, 1.807) is 0 Å². The molecule has 3 aliphatic heterocycles. The smallest absolute Gasteiger partial charge is 0.221 e. The largest absolute Gasteiger partial charge is 0.370 e. The number of fused-ring (bicyclic) bond motifs is 1. The zero-order chi connectivity index (χ0) is 19.7. The highest BCUT2D eigenvalue weighted by atomic mass is 16.5. The molecule has 1 aromatic heterocycles. The number of nitrogens with zero attached hydrogens (tertiary/aromatic N) is 3. The van der Waals surface area contributed by atoms with Crippen LogP contribution in [0.4, 0.5) is 0 Å². The van der Waals surface area contributed by atoms with Gasteiger partial charge in [-0.15, -0.1) is 0 Å². The van der Waals surface area contributed by atoms with Crippen molar-refractivity contribution >= 4 is 5.91 Å². The second-order valence-corrected chi connectivity index (χ2v) is 9.11. The number of amides is 1. The fraction of sp³-hybridized carbons (Fsp3) is 0.727. The number of allylic oxidation sites excluding steroid dienone is 1. The monoisotopic (exact) mass is 386 g/mol. The summed E-state index contributed by atoms with van der Waals surface area (Å²) in [5.74, 6) is 1.13. The number of aromatic nitrogens is 2. The first-order chi connectivity index (χ1) is 13.4. The van der Waals surface area contributed by atoms with Gasteiger partial charge in [0.1, 0.15) is 0 Å². The number of ether oxygens (including phenoxy) is 1. The van der Waals surface area contributed by atoms with E-state index in [1.165, 1.54) is 12.0 Å². The highest BCUT2D eigenvalue weighted by molar-refractivity contribution is 5.75. The first-order valence-electron chi connectivity index (χ1n) is 10.8. The Labute approximate surface area is 168 Å². The molecule has 3 fully saturated rings. The Morgan fingerprint density at radius 3 is 3.04 bits per heavy atom. The van der Waals surface area contributed by atoms with Gasteiger partial charge in [-0.05, 0) is 46.1 Å². The number of aryl methyl sites for hydroxylation is 2. The Morgan fingerprint density at radius 2 is 2.29 bits per heavy atom. The molecule has 1 aromatic rings. The summed E-state index contributed by atoms with van der Waals surface area (Å²) in [5, 5.41) is 7.53. The van der Waals surface area contributed by atoms with Gasteiger partial charge in [0.15, 0.2) is 0 Å². The van der Waals surface area contributed by atoms with E-state index in [0.29, 0.717) is 30.9 Å². The summed E-state index contributed by atoms with van der Waals surface area (Å²) < 4.78 is 8.34. The molecule has 154 valence electrons. The van der Waals surface area contributed by atoms with E-state index in [2.05, 4.69) is 35.2 Å². The lowest BCUT2D eigenvalue weighted by Gasteiger charge is -2.29. The van der Waals surface area contributed by atoms with Gasteiger partial charge in [0.05, 0.1) is 17.4 Å². The van der Waals surface area contributed by atoms with Crippen LogP contribution in [0, 0.1) is 18.8 Å². The van der Waals surface area contributed by atoms with Gasteiger partial charge in [-0.25, -0.2) is 0 Å². The Balaban J connectivity index is 1.27. The van der Waals surface area contributed by atoms with E-state index in [4.69, 9.17) is 4.74 Å². The number of hydrogen-bond donors (Lipinski definition) is 1. The summed E-state index contributed by atoms with van der Waals surface area (Å²) in [6.45, 7) is 11.0.